The van der Waals surface area contributed by atoms with Crippen LogP contribution in [0.2, 0.25) is 0 Å². The van der Waals surface area contributed by atoms with E-state index in [0.717, 1.165) is 35.1 Å². The molecule has 0 aromatic heterocycles. The SMILES string of the molecule is CC1(C)[C@H]2CC[C@@]1(CS(N)(=O)=O)C(=O)C2.COc1cc2c(c(OC)c1OC)-c1ccc(OC)c(=O)cc1[C@H](N)CC2. The molecule has 3 aliphatic rings. The summed E-state index contributed by atoms with van der Waals surface area (Å²) in [5.41, 5.74) is 8.78. The van der Waals surface area contributed by atoms with Crippen LogP contribution in [0.25, 0.3) is 11.1 Å². The lowest BCUT2D eigenvalue weighted by molar-refractivity contribution is -0.128. The maximum absolute atomic E-state index is 12.4. The quantitative estimate of drug-likeness (QED) is 0.516. The monoisotopic (exact) mass is 588 g/mol. The van der Waals surface area contributed by atoms with Crippen LogP contribution in [0.4, 0.5) is 0 Å². The Morgan fingerprint density at radius 2 is 1.59 bits per heavy atom. The van der Waals surface area contributed by atoms with Crippen LogP contribution in [0.3, 0.4) is 0 Å². The van der Waals surface area contributed by atoms with E-state index in [0.29, 0.717) is 42.4 Å². The van der Waals surface area contributed by atoms with Gasteiger partial charge in [-0.25, -0.2) is 13.6 Å². The fraction of sp³-hybridized carbons (Fsp3) is 0.533. The van der Waals surface area contributed by atoms with Crippen molar-refractivity contribution >= 4 is 15.8 Å². The number of primary sulfonamides is 1. The zero-order chi connectivity index (χ0) is 30.3. The van der Waals surface area contributed by atoms with Gasteiger partial charge in [-0.1, -0.05) is 19.9 Å². The minimum Gasteiger partial charge on any atom is -0.493 e. The van der Waals surface area contributed by atoms with Gasteiger partial charge in [-0.3, -0.25) is 9.59 Å². The largest absolute Gasteiger partial charge is 0.493 e. The average molecular weight is 589 g/mol. The second-order valence-electron chi connectivity index (χ2n) is 11.6. The van der Waals surface area contributed by atoms with Crippen molar-refractivity contribution in [2.45, 2.75) is 52.0 Å². The Labute approximate surface area is 241 Å². The molecular formula is C30H40N2O8S. The third-order valence-corrected chi connectivity index (χ3v) is 10.2. The van der Waals surface area contributed by atoms with Gasteiger partial charge in [0.15, 0.2) is 17.2 Å². The van der Waals surface area contributed by atoms with E-state index in [1.165, 1.54) is 7.11 Å². The van der Waals surface area contributed by atoms with Crippen LogP contribution in [0.15, 0.2) is 29.1 Å². The lowest BCUT2D eigenvalue weighted by Gasteiger charge is -2.35. The number of nitrogens with two attached hydrogens (primary N) is 2. The van der Waals surface area contributed by atoms with Crippen molar-refractivity contribution in [2.75, 3.05) is 34.2 Å². The van der Waals surface area contributed by atoms with Crippen LogP contribution in [0.5, 0.6) is 23.0 Å². The van der Waals surface area contributed by atoms with E-state index >= 15 is 0 Å². The number of carbonyl (C=O) groups excluding carboxylic acids is 1. The smallest absolute Gasteiger partial charge is 0.220 e. The number of benzene rings is 1. The summed E-state index contributed by atoms with van der Waals surface area (Å²) in [5.74, 6) is 2.20. The van der Waals surface area contributed by atoms with Crippen molar-refractivity contribution in [1.29, 1.82) is 0 Å². The molecule has 0 radical (unpaired) electrons. The van der Waals surface area contributed by atoms with Crippen LogP contribution in [-0.4, -0.2) is 48.4 Å². The first-order chi connectivity index (χ1) is 19.2. The lowest BCUT2D eigenvalue weighted by atomic mass is 9.70. The Morgan fingerprint density at radius 3 is 2.10 bits per heavy atom. The molecular weight excluding hydrogens is 548 g/mol. The van der Waals surface area contributed by atoms with Crippen LogP contribution in [0.1, 0.15) is 56.7 Å². The Morgan fingerprint density at radius 1 is 0.927 bits per heavy atom. The summed E-state index contributed by atoms with van der Waals surface area (Å²) in [6.45, 7) is 4.00. The highest BCUT2D eigenvalue weighted by atomic mass is 32.2. The summed E-state index contributed by atoms with van der Waals surface area (Å²) in [4.78, 5) is 24.3. The van der Waals surface area contributed by atoms with Crippen LogP contribution in [-0.2, 0) is 21.2 Å². The number of hydrogen-bond donors (Lipinski definition) is 2. The number of Topliss-reactive ketones (excluding diaryl/α,β-unsaturated/α-hetero) is 1. The summed E-state index contributed by atoms with van der Waals surface area (Å²) in [5, 5.41) is 5.10. The zero-order valence-electron chi connectivity index (χ0n) is 24.5. The number of methoxy groups -OCH3 is 4. The third kappa shape index (κ3) is 5.30. The molecule has 0 saturated heterocycles. The van der Waals surface area contributed by atoms with Crippen molar-refractivity contribution in [3.63, 3.8) is 0 Å². The third-order valence-electron chi connectivity index (χ3n) is 9.35. The van der Waals surface area contributed by atoms with Gasteiger partial charge in [0.25, 0.3) is 0 Å². The van der Waals surface area contributed by atoms with Gasteiger partial charge in [-0.05, 0) is 71.9 Å². The molecule has 4 N–H and O–H groups in total. The maximum atomic E-state index is 12.4. The van der Waals surface area contributed by atoms with Gasteiger partial charge in [-0.2, -0.15) is 0 Å². The highest BCUT2D eigenvalue weighted by Gasteiger charge is 2.65. The van der Waals surface area contributed by atoms with Gasteiger partial charge in [0.2, 0.25) is 21.2 Å². The van der Waals surface area contributed by atoms with E-state index in [2.05, 4.69) is 0 Å². The lowest BCUT2D eigenvalue weighted by Crippen LogP contribution is -2.43. The van der Waals surface area contributed by atoms with E-state index < -0.39 is 15.4 Å². The molecule has 2 aromatic carbocycles. The number of aryl methyl sites for hydroxylation is 1. The normalized spacial score (nSPS) is 23.9. The van der Waals surface area contributed by atoms with Gasteiger partial charge in [0, 0.05) is 23.4 Å². The molecule has 2 bridgehead atoms. The second-order valence-corrected chi connectivity index (χ2v) is 13.2. The fourth-order valence-electron chi connectivity index (χ4n) is 6.95. The molecule has 0 spiro atoms. The molecule has 2 aromatic rings. The number of sulfonamides is 1. The number of ether oxygens (including phenoxy) is 4. The summed E-state index contributed by atoms with van der Waals surface area (Å²) >= 11 is 0. The van der Waals surface area contributed by atoms with Crippen molar-refractivity contribution in [3.8, 4) is 34.1 Å². The molecule has 3 atom stereocenters. The predicted octanol–water partition coefficient (Wildman–Crippen LogP) is 3.36. The fourth-order valence-corrected chi connectivity index (χ4v) is 8.31. The Kier molecular flexibility index (Phi) is 8.46. The molecule has 0 heterocycles. The number of ketones is 1. The van der Waals surface area contributed by atoms with E-state index in [9.17, 15) is 18.0 Å². The van der Waals surface area contributed by atoms with Crippen LogP contribution in [0, 0.1) is 16.7 Å². The number of fused-ring (bicyclic) bond motifs is 5. The summed E-state index contributed by atoms with van der Waals surface area (Å²) < 4.78 is 44.3. The molecule has 3 aliphatic carbocycles. The molecule has 2 fully saturated rings. The maximum Gasteiger partial charge on any atom is 0.220 e. The van der Waals surface area contributed by atoms with E-state index in [-0.39, 0.29) is 34.2 Å². The minimum absolute atomic E-state index is 0.0952. The molecule has 0 amide bonds. The zero-order valence-corrected chi connectivity index (χ0v) is 25.4. The summed E-state index contributed by atoms with van der Waals surface area (Å²) in [6, 6.07) is 6.75. The molecule has 5 rings (SSSR count). The molecule has 10 nitrogen and oxygen atoms in total. The Balaban J connectivity index is 0.000000218. The molecule has 2 saturated carbocycles. The van der Waals surface area contributed by atoms with Crippen LogP contribution >= 0.6 is 0 Å². The predicted molar refractivity (Wildman–Crippen MR) is 156 cm³/mol. The first-order valence-electron chi connectivity index (χ1n) is 13.6. The average Bonchev–Trinajstić information content (AvgIpc) is 3.10. The Bertz CT molecular complexity index is 1520. The van der Waals surface area contributed by atoms with Crippen molar-refractivity contribution < 1.29 is 32.2 Å². The van der Waals surface area contributed by atoms with Gasteiger partial charge >= 0.3 is 0 Å². The van der Waals surface area contributed by atoms with Crippen molar-refractivity contribution in [2.24, 2.45) is 27.6 Å². The summed E-state index contributed by atoms with van der Waals surface area (Å²) in [7, 11) is 2.65. The molecule has 11 heteroatoms. The van der Waals surface area contributed by atoms with E-state index in [1.807, 2.05) is 26.0 Å². The number of carbonyl (C=O) groups is 1. The van der Waals surface area contributed by atoms with Gasteiger partial charge < -0.3 is 24.7 Å². The molecule has 224 valence electrons. The highest BCUT2D eigenvalue weighted by molar-refractivity contribution is 7.89. The molecule has 0 unspecified atom stereocenters. The van der Waals surface area contributed by atoms with Crippen LogP contribution < -0.4 is 35.2 Å². The Hall–Kier alpha value is -3.15. The first kappa shape index (κ1) is 30.8. The molecule has 0 aliphatic heterocycles. The standard InChI is InChI=1S/C20H23NO5.C10H17NO3S/c1-23-16-8-6-12-13(10-15(16)22)14(21)7-5-11-9-17(24-2)19(25-3)20(26-4)18(11)12;1-9(2)7-3-4-10(9,8(12)5-7)6-15(11,13)14/h6,8-10,14H,5,7,21H2,1-4H3;7H,3-6H2,1-2H3,(H2,11,13,14)/t14-;7-,10+/m10/s1. The molecule has 41 heavy (non-hydrogen) atoms. The van der Waals surface area contributed by atoms with Crippen molar-refractivity contribution in [3.05, 3.63) is 45.6 Å². The first-order valence-corrected chi connectivity index (χ1v) is 15.3. The minimum atomic E-state index is -3.58. The van der Waals surface area contributed by atoms with E-state index in [1.54, 1.807) is 33.5 Å². The highest BCUT2D eigenvalue weighted by Crippen LogP contribution is 2.64. The van der Waals surface area contributed by atoms with Crippen molar-refractivity contribution in [1.82, 2.24) is 0 Å². The number of rotatable bonds is 6. The topological polar surface area (TPSA) is 157 Å². The van der Waals surface area contributed by atoms with Gasteiger partial charge in [0.1, 0.15) is 5.78 Å². The van der Waals surface area contributed by atoms with Gasteiger partial charge in [-0.15, -0.1) is 0 Å². The van der Waals surface area contributed by atoms with E-state index in [4.69, 9.17) is 29.8 Å². The number of hydrogen-bond acceptors (Lipinski definition) is 9. The second kappa shape index (κ2) is 11.3. The van der Waals surface area contributed by atoms with Gasteiger partial charge in [0.05, 0.1) is 34.2 Å². The summed E-state index contributed by atoms with van der Waals surface area (Å²) in [6.07, 6.45) is 3.60.